The standard InChI is InChI=1S/C16H22N2O/c1-12-7-13(2)10-18(9-12)11-16(19)15-5-3-14(8-17)4-6-15/h3-6,12-13,16,19H,7,9-11H2,1-2H3. The van der Waals surface area contributed by atoms with Crippen LogP contribution in [0.2, 0.25) is 0 Å². The molecule has 0 amide bonds. The van der Waals surface area contributed by atoms with Crippen molar-refractivity contribution in [3.8, 4) is 6.07 Å². The molecule has 1 saturated heterocycles. The van der Waals surface area contributed by atoms with Gasteiger partial charge in [0.25, 0.3) is 0 Å². The lowest BCUT2D eigenvalue weighted by molar-refractivity contribution is 0.0699. The van der Waals surface area contributed by atoms with Crippen LogP contribution in [0.3, 0.4) is 0 Å². The number of piperidine rings is 1. The van der Waals surface area contributed by atoms with E-state index in [-0.39, 0.29) is 0 Å². The van der Waals surface area contributed by atoms with Gasteiger partial charge in [-0.1, -0.05) is 26.0 Å². The third-order valence-corrected chi connectivity index (χ3v) is 3.80. The Morgan fingerprint density at radius 3 is 2.37 bits per heavy atom. The van der Waals surface area contributed by atoms with Gasteiger partial charge in [0.05, 0.1) is 17.7 Å². The molecule has 0 aromatic heterocycles. The van der Waals surface area contributed by atoms with Gasteiger partial charge in [0.1, 0.15) is 0 Å². The molecule has 3 heteroatoms. The number of hydrogen-bond acceptors (Lipinski definition) is 3. The van der Waals surface area contributed by atoms with Crippen molar-refractivity contribution in [3.63, 3.8) is 0 Å². The van der Waals surface area contributed by atoms with Crippen molar-refractivity contribution in [2.75, 3.05) is 19.6 Å². The molecule has 3 atom stereocenters. The first-order chi connectivity index (χ1) is 9.08. The maximum Gasteiger partial charge on any atom is 0.0991 e. The summed E-state index contributed by atoms with van der Waals surface area (Å²) in [6.07, 6.45) is 0.814. The zero-order chi connectivity index (χ0) is 13.8. The molecule has 0 radical (unpaired) electrons. The molecule has 3 nitrogen and oxygen atoms in total. The Kier molecular flexibility index (Phi) is 4.57. The maximum absolute atomic E-state index is 10.3. The van der Waals surface area contributed by atoms with Crippen molar-refractivity contribution in [3.05, 3.63) is 35.4 Å². The largest absolute Gasteiger partial charge is 0.387 e. The average molecular weight is 258 g/mol. The van der Waals surface area contributed by atoms with E-state index in [1.165, 1.54) is 6.42 Å². The van der Waals surface area contributed by atoms with Crippen molar-refractivity contribution in [2.24, 2.45) is 11.8 Å². The highest BCUT2D eigenvalue weighted by Crippen LogP contribution is 2.23. The summed E-state index contributed by atoms with van der Waals surface area (Å²) in [5.41, 5.74) is 1.53. The summed E-state index contributed by atoms with van der Waals surface area (Å²) in [4.78, 5) is 2.35. The highest BCUT2D eigenvalue weighted by Gasteiger charge is 2.23. The van der Waals surface area contributed by atoms with Gasteiger partial charge in [-0.15, -0.1) is 0 Å². The van der Waals surface area contributed by atoms with Gasteiger partial charge < -0.3 is 5.11 Å². The zero-order valence-electron chi connectivity index (χ0n) is 11.7. The number of nitriles is 1. The van der Waals surface area contributed by atoms with Gasteiger partial charge in [0.15, 0.2) is 0 Å². The minimum atomic E-state index is -0.467. The number of benzene rings is 1. The molecule has 0 spiro atoms. The van der Waals surface area contributed by atoms with Crippen LogP contribution >= 0.6 is 0 Å². The summed E-state index contributed by atoms with van der Waals surface area (Å²) >= 11 is 0. The molecule has 1 aliphatic rings. The lowest BCUT2D eigenvalue weighted by Gasteiger charge is -2.36. The van der Waals surface area contributed by atoms with Gasteiger partial charge in [-0.05, 0) is 36.0 Å². The number of β-amino-alcohol motifs (C(OH)–C–C–N with tert-alkyl or cyclic N) is 1. The van der Waals surface area contributed by atoms with Crippen molar-refractivity contribution >= 4 is 0 Å². The fourth-order valence-electron chi connectivity index (χ4n) is 3.07. The Bertz CT molecular complexity index is 439. The van der Waals surface area contributed by atoms with Gasteiger partial charge >= 0.3 is 0 Å². The van der Waals surface area contributed by atoms with Gasteiger partial charge in [-0.25, -0.2) is 0 Å². The monoisotopic (exact) mass is 258 g/mol. The first kappa shape index (κ1) is 14.0. The molecule has 1 N–H and O–H groups in total. The number of aliphatic hydroxyl groups is 1. The summed E-state index contributed by atoms with van der Waals surface area (Å²) in [6, 6.07) is 9.32. The molecule has 102 valence electrons. The lowest BCUT2D eigenvalue weighted by atomic mass is 9.91. The summed E-state index contributed by atoms with van der Waals surface area (Å²) in [5, 5.41) is 19.1. The van der Waals surface area contributed by atoms with E-state index in [0.717, 1.165) is 18.7 Å². The molecule has 1 aliphatic heterocycles. The third kappa shape index (κ3) is 3.79. The quantitative estimate of drug-likeness (QED) is 0.906. The van der Waals surface area contributed by atoms with Crippen molar-refractivity contribution < 1.29 is 5.11 Å². The SMILES string of the molecule is CC1CC(C)CN(CC(O)c2ccc(C#N)cc2)C1. The molecule has 1 aromatic rings. The van der Waals surface area contributed by atoms with Crippen LogP contribution in [0.1, 0.15) is 37.5 Å². The van der Waals surface area contributed by atoms with Crippen LogP contribution in [-0.4, -0.2) is 29.6 Å². The van der Waals surface area contributed by atoms with E-state index in [9.17, 15) is 5.11 Å². The van der Waals surface area contributed by atoms with E-state index >= 15 is 0 Å². The maximum atomic E-state index is 10.3. The molecule has 1 heterocycles. The molecular weight excluding hydrogens is 236 g/mol. The topological polar surface area (TPSA) is 47.3 Å². The summed E-state index contributed by atoms with van der Waals surface area (Å²) in [6.45, 7) is 7.36. The lowest BCUT2D eigenvalue weighted by Crippen LogP contribution is -2.40. The fraction of sp³-hybridized carbons (Fsp3) is 0.562. The Morgan fingerprint density at radius 1 is 1.26 bits per heavy atom. The molecule has 3 unspecified atom stereocenters. The molecular formula is C16H22N2O. The van der Waals surface area contributed by atoms with E-state index in [2.05, 4.69) is 24.8 Å². The molecule has 0 aliphatic carbocycles. The molecule has 19 heavy (non-hydrogen) atoms. The highest BCUT2D eigenvalue weighted by molar-refractivity contribution is 5.32. The Hall–Kier alpha value is -1.37. The first-order valence-electron chi connectivity index (χ1n) is 6.99. The second-order valence-corrected chi connectivity index (χ2v) is 5.91. The van der Waals surface area contributed by atoms with Gasteiger partial charge in [-0.2, -0.15) is 5.26 Å². The van der Waals surface area contributed by atoms with E-state index in [0.29, 0.717) is 23.9 Å². The van der Waals surface area contributed by atoms with E-state index in [1.54, 1.807) is 12.1 Å². The van der Waals surface area contributed by atoms with Gasteiger partial charge in [0.2, 0.25) is 0 Å². The number of aliphatic hydroxyl groups excluding tert-OH is 1. The second kappa shape index (κ2) is 6.18. The smallest absolute Gasteiger partial charge is 0.0991 e. The van der Waals surface area contributed by atoms with E-state index in [4.69, 9.17) is 5.26 Å². The molecule has 2 rings (SSSR count). The highest BCUT2D eigenvalue weighted by atomic mass is 16.3. The summed E-state index contributed by atoms with van der Waals surface area (Å²) < 4.78 is 0. The predicted octanol–water partition coefficient (Wildman–Crippen LogP) is 2.57. The molecule has 1 fully saturated rings. The average Bonchev–Trinajstić information content (AvgIpc) is 2.37. The molecule has 0 saturated carbocycles. The van der Waals surface area contributed by atoms with Gasteiger partial charge in [0, 0.05) is 19.6 Å². The van der Waals surface area contributed by atoms with Crippen LogP contribution in [0.25, 0.3) is 0 Å². The van der Waals surface area contributed by atoms with Crippen LogP contribution in [0.15, 0.2) is 24.3 Å². The van der Waals surface area contributed by atoms with Crippen molar-refractivity contribution in [1.29, 1.82) is 5.26 Å². The van der Waals surface area contributed by atoms with Crippen LogP contribution in [-0.2, 0) is 0 Å². The zero-order valence-corrected chi connectivity index (χ0v) is 11.7. The van der Waals surface area contributed by atoms with Crippen molar-refractivity contribution in [2.45, 2.75) is 26.4 Å². The predicted molar refractivity (Wildman–Crippen MR) is 75.5 cm³/mol. The number of likely N-dealkylation sites (tertiary alicyclic amines) is 1. The van der Waals surface area contributed by atoms with Crippen LogP contribution in [0.5, 0.6) is 0 Å². The number of nitrogens with zero attached hydrogens (tertiary/aromatic N) is 2. The minimum absolute atomic E-state index is 0.467. The van der Waals surface area contributed by atoms with Crippen molar-refractivity contribution in [1.82, 2.24) is 4.90 Å². The Labute approximate surface area is 115 Å². The first-order valence-corrected chi connectivity index (χ1v) is 6.99. The van der Waals surface area contributed by atoms with Crippen LogP contribution in [0, 0.1) is 23.2 Å². The Morgan fingerprint density at radius 2 is 1.84 bits per heavy atom. The molecule has 1 aromatic carbocycles. The number of hydrogen-bond donors (Lipinski definition) is 1. The third-order valence-electron chi connectivity index (χ3n) is 3.80. The van der Waals surface area contributed by atoms with Crippen LogP contribution in [0.4, 0.5) is 0 Å². The van der Waals surface area contributed by atoms with Crippen LogP contribution < -0.4 is 0 Å². The normalized spacial score (nSPS) is 25.8. The summed E-state index contributed by atoms with van der Waals surface area (Å²) in [5.74, 6) is 1.41. The fourth-order valence-corrected chi connectivity index (χ4v) is 3.07. The molecule has 0 bridgehead atoms. The van der Waals surface area contributed by atoms with E-state index in [1.807, 2.05) is 12.1 Å². The van der Waals surface area contributed by atoms with Gasteiger partial charge in [-0.3, -0.25) is 4.90 Å². The summed E-state index contributed by atoms with van der Waals surface area (Å²) in [7, 11) is 0. The number of rotatable bonds is 3. The van der Waals surface area contributed by atoms with E-state index < -0.39 is 6.10 Å². The Balaban J connectivity index is 1.96. The minimum Gasteiger partial charge on any atom is -0.387 e. The second-order valence-electron chi connectivity index (χ2n) is 5.91.